The zero-order valence-corrected chi connectivity index (χ0v) is 11.1. The Hall–Kier alpha value is -0.810. The van der Waals surface area contributed by atoms with Crippen molar-refractivity contribution in [1.29, 1.82) is 0 Å². The molecule has 88 valence electrons. The number of hydrogen-bond donors (Lipinski definition) is 1. The van der Waals surface area contributed by atoms with Crippen LogP contribution in [-0.4, -0.2) is 21.8 Å². The second-order valence-corrected chi connectivity index (χ2v) is 6.04. The lowest BCUT2D eigenvalue weighted by Crippen LogP contribution is -1.99. The molecule has 0 saturated heterocycles. The van der Waals surface area contributed by atoms with Crippen LogP contribution in [0.2, 0.25) is 0 Å². The van der Waals surface area contributed by atoms with Crippen LogP contribution in [0, 0.1) is 6.92 Å². The lowest BCUT2D eigenvalue weighted by molar-refractivity contribution is -0.136. The average Bonchev–Trinajstić information content (AvgIpc) is 2.45. The van der Waals surface area contributed by atoms with Crippen molar-refractivity contribution < 1.29 is 9.90 Å². The number of allylic oxidation sites excluding steroid dienone is 1. The molecule has 0 unspecified atom stereocenters. The van der Waals surface area contributed by atoms with Gasteiger partial charge in [0.2, 0.25) is 0 Å². The van der Waals surface area contributed by atoms with E-state index in [0.717, 1.165) is 32.7 Å². The van der Waals surface area contributed by atoms with Crippen LogP contribution in [-0.2, 0) is 11.2 Å². The summed E-state index contributed by atoms with van der Waals surface area (Å²) in [5.41, 5.74) is 2.00. The molecule has 0 radical (unpaired) electrons. The van der Waals surface area contributed by atoms with E-state index in [9.17, 15) is 4.79 Å². The molecule has 0 aliphatic heterocycles. The topological polar surface area (TPSA) is 50.2 Å². The maximum atomic E-state index is 10.6. The Morgan fingerprint density at radius 1 is 1.62 bits per heavy atom. The van der Waals surface area contributed by atoms with E-state index in [1.807, 2.05) is 13.8 Å². The molecule has 0 atom stereocenters. The lowest BCUT2D eigenvalue weighted by atomic mass is 10.3. The average molecular weight is 257 g/mol. The van der Waals surface area contributed by atoms with Gasteiger partial charge in [0, 0.05) is 10.6 Å². The first-order chi connectivity index (χ1) is 7.49. The number of rotatable bonds is 6. The predicted octanol–water partition coefficient (Wildman–Crippen LogP) is 3.14. The minimum atomic E-state index is -0.801. The fraction of sp³-hybridized carbons (Fsp3) is 0.455. The molecule has 0 aromatic carbocycles. The van der Waals surface area contributed by atoms with Gasteiger partial charge >= 0.3 is 5.97 Å². The molecule has 16 heavy (non-hydrogen) atoms. The van der Waals surface area contributed by atoms with Gasteiger partial charge < -0.3 is 5.11 Å². The van der Waals surface area contributed by atoms with Crippen molar-refractivity contribution in [1.82, 2.24) is 4.98 Å². The highest BCUT2D eigenvalue weighted by molar-refractivity contribution is 8.01. The van der Waals surface area contributed by atoms with Gasteiger partial charge in [0.25, 0.3) is 0 Å². The normalized spacial score (nSPS) is 10.4. The van der Waals surface area contributed by atoms with E-state index >= 15 is 0 Å². The van der Waals surface area contributed by atoms with Crippen LogP contribution in [0.15, 0.2) is 16.5 Å². The molecule has 0 amide bonds. The van der Waals surface area contributed by atoms with E-state index in [2.05, 4.69) is 11.6 Å². The van der Waals surface area contributed by atoms with Crippen LogP contribution in [0.5, 0.6) is 0 Å². The maximum absolute atomic E-state index is 10.6. The van der Waals surface area contributed by atoms with Gasteiger partial charge in [0.15, 0.2) is 0 Å². The number of aliphatic carboxylic acids is 1. The van der Waals surface area contributed by atoms with Crippen molar-refractivity contribution in [2.24, 2.45) is 0 Å². The maximum Gasteiger partial charge on any atom is 0.308 e. The molecule has 0 spiro atoms. The predicted molar refractivity (Wildman–Crippen MR) is 68.3 cm³/mol. The lowest BCUT2D eigenvalue weighted by Gasteiger charge is -1.96. The Bertz CT molecular complexity index is 399. The molecule has 1 aromatic rings. The van der Waals surface area contributed by atoms with Crippen molar-refractivity contribution in [3.63, 3.8) is 0 Å². The number of thioether (sulfide) groups is 1. The summed E-state index contributed by atoms with van der Waals surface area (Å²) in [4.78, 5) is 15.8. The molecule has 3 nitrogen and oxygen atoms in total. The molecule has 0 fully saturated rings. The third-order valence-corrected chi connectivity index (χ3v) is 4.24. The minimum Gasteiger partial charge on any atom is -0.481 e. The minimum absolute atomic E-state index is 0.0740. The van der Waals surface area contributed by atoms with Gasteiger partial charge in [0.1, 0.15) is 4.34 Å². The van der Waals surface area contributed by atoms with Crippen molar-refractivity contribution in [3.05, 3.63) is 22.7 Å². The van der Waals surface area contributed by atoms with Gasteiger partial charge in [-0.2, -0.15) is 0 Å². The van der Waals surface area contributed by atoms with Gasteiger partial charge in [-0.25, -0.2) is 4.98 Å². The Morgan fingerprint density at radius 3 is 2.88 bits per heavy atom. The fourth-order valence-electron chi connectivity index (χ4n) is 1.08. The van der Waals surface area contributed by atoms with Crippen molar-refractivity contribution in [3.8, 4) is 0 Å². The summed E-state index contributed by atoms with van der Waals surface area (Å²) < 4.78 is 0.954. The smallest absolute Gasteiger partial charge is 0.308 e. The number of aromatic nitrogens is 1. The first-order valence-corrected chi connectivity index (χ1v) is 6.74. The molecular weight excluding hydrogens is 242 g/mol. The van der Waals surface area contributed by atoms with Crippen LogP contribution in [0.25, 0.3) is 0 Å². The highest BCUT2D eigenvalue weighted by Gasteiger charge is 2.10. The molecule has 0 bridgehead atoms. The van der Waals surface area contributed by atoms with E-state index in [0.29, 0.717) is 0 Å². The summed E-state index contributed by atoms with van der Waals surface area (Å²) in [6, 6.07) is 0. The summed E-state index contributed by atoms with van der Waals surface area (Å²) in [6.45, 7) is 7.70. The summed E-state index contributed by atoms with van der Waals surface area (Å²) in [5, 5.41) is 8.71. The molecular formula is C11H15NO2S2. The molecule has 1 N–H and O–H groups in total. The summed E-state index contributed by atoms with van der Waals surface area (Å²) in [7, 11) is 0. The first-order valence-electron chi connectivity index (χ1n) is 4.94. The van der Waals surface area contributed by atoms with E-state index < -0.39 is 5.97 Å². The Kier molecular flexibility index (Phi) is 5.02. The second-order valence-electron chi connectivity index (χ2n) is 3.61. The molecule has 1 aromatic heterocycles. The van der Waals surface area contributed by atoms with Crippen LogP contribution in [0.1, 0.15) is 23.9 Å². The van der Waals surface area contributed by atoms with E-state index in [1.165, 1.54) is 11.3 Å². The molecule has 5 heteroatoms. The number of carboxylic acid groups (broad SMARTS) is 1. The van der Waals surface area contributed by atoms with Crippen molar-refractivity contribution in [2.45, 2.75) is 31.0 Å². The van der Waals surface area contributed by atoms with Gasteiger partial charge in [-0.3, -0.25) is 4.79 Å². The molecule has 0 aliphatic rings. The first kappa shape index (κ1) is 13.3. The zero-order chi connectivity index (χ0) is 12.1. The summed E-state index contributed by atoms with van der Waals surface area (Å²) >= 11 is 3.15. The number of carbonyl (C=O) groups is 1. The third-order valence-electron chi connectivity index (χ3n) is 1.94. The van der Waals surface area contributed by atoms with Gasteiger partial charge in [0.05, 0.1) is 12.1 Å². The number of aryl methyl sites for hydroxylation is 1. The Labute approximate surface area is 104 Å². The summed E-state index contributed by atoms with van der Waals surface area (Å²) in [6.07, 6.45) is 1.04. The number of carboxylic acids is 1. The quantitative estimate of drug-likeness (QED) is 0.628. The van der Waals surface area contributed by atoms with Crippen molar-refractivity contribution in [2.75, 3.05) is 5.75 Å². The molecule has 0 aliphatic carbocycles. The van der Waals surface area contributed by atoms with E-state index in [-0.39, 0.29) is 6.42 Å². The highest BCUT2D eigenvalue weighted by Crippen LogP contribution is 2.28. The molecule has 0 saturated carbocycles. The number of nitrogens with zero attached hydrogens (tertiary/aromatic N) is 1. The number of hydrogen-bond acceptors (Lipinski definition) is 4. The van der Waals surface area contributed by atoms with Crippen LogP contribution in [0.3, 0.4) is 0 Å². The van der Waals surface area contributed by atoms with Crippen molar-refractivity contribution >= 4 is 29.1 Å². The molecule has 1 rings (SSSR count). The van der Waals surface area contributed by atoms with Crippen LogP contribution in [0.4, 0.5) is 0 Å². The highest BCUT2D eigenvalue weighted by atomic mass is 32.2. The monoisotopic (exact) mass is 257 g/mol. The van der Waals surface area contributed by atoms with Crippen LogP contribution < -0.4 is 0 Å². The SMILES string of the molecule is C=C(C)CCSc1nc(C)c(CC(=O)O)s1. The summed E-state index contributed by atoms with van der Waals surface area (Å²) in [5.74, 6) is 0.152. The van der Waals surface area contributed by atoms with Crippen LogP contribution >= 0.6 is 23.1 Å². The molecule has 1 heterocycles. The largest absolute Gasteiger partial charge is 0.481 e. The Balaban J connectivity index is 2.55. The van der Waals surface area contributed by atoms with E-state index in [1.54, 1.807) is 11.8 Å². The van der Waals surface area contributed by atoms with Gasteiger partial charge in [-0.15, -0.1) is 17.9 Å². The van der Waals surface area contributed by atoms with Gasteiger partial charge in [-0.1, -0.05) is 17.3 Å². The zero-order valence-electron chi connectivity index (χ0n) is 9.45. The van der Waals surface area contributed by atoms with E-state index in [4.69, 9.17) is 5.11 Å². The fourth-order valence-corrected chi connectivity index (χ4v) is 3.47. The third kappa shape index (κ3) is 4.37. The number of thiazole rings is 1. The standard InChI is InChI=1S/C11H15NO2S2/c1-7(2)4-5-15-11-12-8(3)9(16-11)6-10(13)14/h1,4-6H2,2-3H3,(H,13,14). The Morgan fingerprint density at radius 2 is 2.31 bits per heavy atom. The second kappa shape index (κ2) is 6.06. The van der Waals surface area contributed by atoms with Gasteiger partial charge in [-0.05, 0) is 20.3 Å².